The van der Waals surface area contributed by atoms with E-state index < -0.39 is 0 Å². The number of hydrogen-bond donors (Lipinski definition) is 0. The molecule has 0 aliphatic carbocycles. The molecule has 0 radical (unpaired) electrons. The molecule has 1 nitrogen and oxygen atoms in total. The van der Waals surface area contributed by atoms with E-state index in [1.807, 2.05) is 6.08 Å². The molecule has 1 aromatic carbocycles. The topological polar surface area (TPSA) is 4.93 Å². The molecule has 0 aliphatic rings. The molecule has 0 aliphatic heterocycles. The van der Waals surface area contributed by atoms with Gasteiger partial charge in [-0.3, -0.25) is 0 Å². The Morgan fingerprint density at radius 2 is 1.71 bits per heavy atom. The second-order valence-electron chi connectivity index (χ2n) is 3.21. The van der Waals surface area contributed by atoms with Crippen molar-refractivity contribution in [3.8, 4) is 0 Å². The summed E-state index contributed by atoms with van der Waals surface area (Å²) < 4.78 is 2.16. The van der Waals surface area contributed by atoms with Crippen molar-refractivity contribution in [3.05, 3.63) is 48.8 Å². The van der Waals surface area contributed by atoms with Gasteiger partial charge >= 0.3 is 0 Å². The summed E-state index contributed by atoms with van der Waals surface area (Å²) in [6, 6.07) is 8.36. The summed E-state index contributed by atoms with van der Waals surface area (Å²) in [6.07, 6.45) is 8.33. The van der Waals surface area contributed by atoms with Crippen LogP contribution in [-0.2, 0) is 6.54 Å². The van der Waals surface area contributed by atoms with E-state index in [1.54, 1.807) is 0 Å². The highest BCUT2D eigenvalue weighted by atomic mass is 35.5. The van der Waals surface area contributed by atoms with Crippen molar-refractivity contribution in [1.29, 1.82) is 0 Å². The fraction of sp³-hybridized carbons (Fsp3) is 0.167. The summed E-state index contributed by atoms with van der Waals surface area (Å²) in [6.45, 7) is 0.890. The highest BCUT2D eigenvalue weighted by molar-refractivity contribution is 6.18. The molecule has 0 N–H and O–H groups in total. The second kappa shape index (κ2) is 4.34. The van der Waals surface area contributed by atoms with Crippen LogP contribution in [0.5, 0.6) is 0 Å². The number of hydrogen-bond acceptors (Lipinski definition) is 0. The lowest BCUT2D eigenvalue weighted by Gasteiger charge is -1.93. The zero-order valence-electron chi connectivity index (χ0n) is 7.86. The van der Waals surface area contributed by atoms with E-state index in [4.69, 9.17) is 11.6 Å². The minimum absolute atomic E-state index is 0.584. The number of aromatic nitrogens is 1. The van der Waals surface area contributed by atoms with Crippen LogP contribution in [0, 0.1) is 0 Å². The molecule has 0 saturated carbocycles. The number of nitrogens with zero attached hydrogens (tertiary/aromatic N) is 1. The van der Waals surface area contributed by atoms with E-state index in [0.717, 1.165) is 6.54 Å². The second-order valence-corrected chi connectivity index (χ2v) is 3.52. The summed E-state index contributed by atoms with van der Waals surface area (Å²) in [5, 5.41) is 2.57. The lowest BCUT2D eigenvalue weighted by molar-refractivity contribution is 0.833. The first kappa shape index (κ1) is 9.35. The minimum Gasteiger partial charge on any atom is -0.349 e. The minimum atomic E-state index is 0.584. The summed E-state index contributed by atoms with van der Waals surface area (Å²) in [4.78, 5) is 0. The van der Waals surface area contributed by atoms with E-state index in [0.29, 0.717) is 5.88 Å². The number of alkyl halides is 1. The Morgan fingerprint density at radius 1 is 1.07 bits per heavy atom. The van der Waals surface area contributed by atoms with Crippen molar-refractivity contribution in [2.24, 2.45) is 0 Å². The highest BCUT2D eigenvalue weighted by Crippen LogP contribution is 2.14. The van der Waals surface area contributed by atoms with Crippen LogP contribution in [0.2, 0.25) is 0 Å². The van der Waals surface area contributed by atoms with Crippen LogP contribution in [0.4, 0.5) is 0 Å². The van der Waals surface area contributed by atoms with Gasteiger partial charge in [-0.15, -0.1) is 11.6 Å². The first-order valence-corrected chi connectivity index (χ1v) is 5.19. The van der Waals surface area contributed by atoms with Crippen LogP contribution in [-0.4, -0.2) is 10.4 Å². The zero-order valence-corrected chi connectivity index (χ0v) is 8.61. The molecule has 2 rings (SSSR count). The molecule has 1 aromatic heterocycles. The molecule has 2 heteroatoms. The van der Waals surface area contributed by atoms with Gasteiger partial charge in [0.15, 0.2) is 0 Å². The lowest BCUT2D eigenvalue weighted by Crippen LogP contribution is -1.88. The molecule has 72 valence electrons. The Labute approximate surface area is 88.6 Å². The van der Waals surface area contributed by atoms with Gasteiger partial charge in [0.05, 0.1) is 0 Å². The monoisotopic (exact) mass is 205 g/mol. The SMILES string of the molecule is ClC/C=C/Cn1cc2ccccc2c1. The maximum atomic E-state index is 5.55. The van der Waals surface area contributed by atoms with Crippen LogP contribution in [0.15, 0.2) is 48.8 Å². The Morgan fingerprint density at radius 3 is 2.29 bits per heavy atom. The predicted molar refractivity (Wildman–Crippen MR) is 61.8 cm³/mol. The van der Waals surface area contributed by atoms with Crippen molar-refractivity contribution < 1.29 is 0 Å². The molecule has 14 heavy (non-hydrogen) atoms. The zero-order chi connectivity index (χ0) is 9.80. The summed E-state index contributed by atoms with van der Waals surface area (Å²) in [7, 11) is 0. The Hall–Kier alpha value is -1.21. The van der Waals surface area contributed by atoms with Crippen molar-refractivity contribution in [2.75, 3.05) is 5.88 Å². The van der Waals surface area contributed by atoms with Gasteiger partial charge < -0.3 is 4.57 Å². The van der Waals surface area contributed by atoms with Crippen molar-refractivity contribution >= 4 is 22.4 Å². The molecule has 0 spiro atoms. The van der Waals surface area contributed by atoms with Crippen LogP contribution in [0.1, 0.15) is 0 Å². The first-order valence-electron chi connectivity index (χ1n) is 4.65. The van der Waals surface area contributed by atoms with Crippen molar-refractivity contribution in [2.45, 2.75) is 6.54 Å². The third-order valence-corrected chi connectivity index (χ3v) is 2.36. The maximum absolute atomic E-state index is 5.55. The van der Waals surface area contributed by atoms with E-state index in [9.17, 15) is 0 Å². The Kier molecular flexibility index (Phi) is 2.90. The van der Waals surface area contributed by atoms with E-state index in [-0.39, 0.29) is 0 Å². The van der Waals surface area contributed by atoms with Crippen LogP contribution < -0.4 is 0 Å². The van der Waals surface area contributed by atoms with Gasteiger partial charge in [0.2, 0.25) is 0 Å². The number of benzene rings is 1. The van der Waals surface area contributed by atoms with Gasteiger partial charge in [-0.05, 0) is 10.8 Å². The molecular weight excluding hydrogens is 194 g/mol. The van der Waals surface area contributed by atoms with E-state index in [2.05, 4.69) is 47.3 Å². The molecule has 0 unspecified atom stereocenters. The van der Waals surface area contributed by atoms with E-state index >= 15 is 0 Å². The Bertz CT molecular complexity index is 409. The molecular formula is C12H12ClN. The van der Waals surface area contributed by atoms with Gasteiger partial charge in [0, 0.05) is 24.8 Å². The standard InChI is InChI=1S/C12H12ClN/c13-7-3-4-8-14-9-11-5-1-2-6-12(11)10-14/h1-6,9-10H,7-8H2/b4-3+. The average molecular weight is 206 g/mol. The largest absolute Gasteiger partial charge is 0.349 e. The van der Waals surface area contributed by atoms with Gasteiger partial charge in [-0.25, -0.2) is 0 Å². The lowest BCUT2D eigenvalue weighted by atomic mass is 10.2. The summed E-state index contributed by atoms with van der Waals surface area (Å²) in [5.74, 6) is 0.584. The third-order valence-electron chi connectivity index (χ3n) is 2.18. The van der Waals surface area contributed by atoms with Gasteiger partial charge in [0.1, 0.15) is 0 Å². The van der Waals surface area contributed by atoms with E-state index in [1.165, 1.54) is 10.8 Å². The molecule has 0 amide bonds. The predicted octanol–water partition coefficient (Wildman–Crippen LogP) is 3.44. The van der Waals surface area contributed by atoms with Crippen molar-refractivity contribution in [3.63, 3.8) is 0 Å². The van der Waals surface area contributed by atoms with Crippen LogP contribution in [0.25, 0.3) is 10.8 Å². The first-order chi connectivity index (χ1) is 6.90. The van der Waals surface area contributed by atoms with Crippen molar-refractivity contribution in [1.82, 2.24) is 4.57 Å². The smallest absolute Gasteiger partial charge is 0.0404 e. The molecule has 0 atom stereocenters. The number of fused-ring (bicyclic) bond motifs is 1. The van der Waals surface area contributed by atoms with Gasteiger partial charge in [-0.2, -0.15) is 0 Å². The third kappa shape index (κ3) is 1.99. The average Bonchev–Trinajstić information content (AvgIpc) is 2.60. The number of allylic oxidation sites excluding steroid dienone is 2. The fourth-order valence-corrected chi connectivity index (χ4v) is 1.63. The molecule has 0 bridgehead atoms. The normalized spacial score (nSPS) is 11.5. The number of rotatable bonds is 3. The quantitative estimate of drug-likeness (QED) is 0.535. The number of halogens is 1. The Balaban J connectivity index is 2.23. The molecule has 2 aromatic rings. The summed E-state index contributed by atoms with van der Waals surface area (Å²) in [5.41, 5.74) is 0. The highest BCUT2D eigenvalue weighted by Gasteiger charge is 1.94. The molecule has 1 heterocycles. The fourth-order valence-electron chi connectivity index (χ4n) is 1.51. The molecule has 0 saturated heterocycles. The van der Waals surface area contributed by atoms with Gasteiger partial charge in [-0.1, -0.05) is 36.4 Å². The summed E-state index contributed by atoms with van der Waals surface area (Å²) >= 11 is 5.55. The van der Waals surface area contributed by atoms with Crippen LogP contribution in [0.3, 0.4) is 0 Å². The van der Waals surface area contributed by atoms with Gasteiger partial charge in [0.25, 0.3) is 0 Å². The maximum Gasteiger partial charge on any atom is 0.0404 e. The van der Waals surface area contributed by atoms with Crippen LogP contribution >= 0.6 is 11.6 Å². The molecule has 0 fully saturated rings.